The summed E-state index contributed by atoms with van der Waals surface area (Å²) in [5.41, 5.74) is -0.193. The predicted molar refractivity (Wildman–Crippen MR) is 74.5 cm³/mol. The summed E-state index contributed by atoms with van der Waals surface area (Å²) in [5.74, 6) is 0.565. The van der Waals surface area contributed by atoms with E-state index in [2.05, 4.69) is 18.8 Å². The third-order valence-electron chi connectivity index (χ3n) is 2.91. The normalized spacial score (nSPS) is 11.5. The molecule has 0 saturated heterocycles. The minimum atomic E-state index is -0.418. The Morgan fingerprint density at radius 2 is 1.83 bits per heavy atom. The van der Waals surface area contributed by atoms with Crippen LogP contribution in [0.15, 0.2) is 9.59 Å². The number of halogens is 1. The maximum absolute atomic E-state index is 12.2. The Hall–Kier alpha value is -1.03. The third-order valence-corrected chi connectivity index (χ3v) is 3.21. The first-order chi connectivity index (χ1) is 8.34. The van der Waals surface area contributed by atoms with E-state index in [-0.39, 0.29) is 16.6 Å². The first kappa shape index (κ1) is 15.0. The number of nitrogens with zero attached hydrogens (tertiary/aromatic N) is 1. The highest BCUT2D eigenvalue weighted by molar-refractivity contribution is 6.30. The largest absolute Gasteiger partial charge is 0.329 e. The molecule has 18 heavy (non-hydrogen) atoms. The molecule has 0 spiro atoms. The van der Waals surface area contributed by atoms with E-state index in [1.807, 2.05) is 13.8 Å². The molecular weight excluding hydrogens is 252 g/mol. The van der Waals surface area contributed by atoms with Gasteiger partial charge in [0.2, 0.25) is 0 Å². The number of hydrogen-bond donors (Lipinski definition) is 1. The summed E-state index contributed by atoms with van der Waals surface area (Å²) in [5, 5.41) is 0.167. The maximum atomic E-state index is 12.2. The van der Waals surface area contributed by atoms with Crippen molar-refractivity contribution in [2.75, 3.05) is 0 Å². The molecule has 4 nitrogen and oxygen atoms in total. The van der Waals surface area contributed by atoms with Crippen molar-refractivity contribution in [2.45, 2.75) is 53.0 Å². The van der Waals surface area contributed by atoms with Gasteiger partial charge in [-0.2, -0.15) is 0 Å². The number of rotatable bonds is 5. The Kier molecular flexibility index (Phi) is 5.20. The van der Waals surface area contributed by atoms with Crippen molar-refractivity contribution < 1.29 is 0 Å². The fourth-order valence-corrected chi connectivity index (χ4v) is 2.30. The highest BCUT2D eigenvalue weighted by atomic mass is 35.5. The minimum Gasteiger partial charge on any atom is -0.297 e. The molecule has 0 saturated carbocycles. The summed E-state index contributed by atoms with van der Waals surface area (Å²) in [7, 11) is 0. The standard InChI is InChI=1S/C13H21ClN2O2/c1-8(2)6-5-7-16-12(17)10(9(3)4)11(14)15-13(16)18/h8-9H,5-7H2,1-4H3,(H,15,18). The molecular formula is C13H21ClN2O2. The van der Waals surface area contributed by atoms with Gasteiger partial charge in [0, 0.05) is 6.54 Å². The molecule has 5 heteroatoms. The number of aromatic nitrogens is 2. The van der Waals surface area contributed by atoms with Crippen LogP contribution < -0.4 is 11.2 Å². The Labute approximate surface area is 112 Å². The number of hydrogen-bond acceptors (Lipinski definition) is 2. The van der Waals surface area contributed by atoms with Crippen molar-refractivity contribution in [1.29, 1.82) is 0 Å². The number of aromatic amines is 1. The average molecular weight is 273 g/mol. The molecule has 0 unspecified atom stereocenters. The second-order valence-corrected chi connectivity index (χ2v) is 5.68. The molecule has 0 aromatic carbocycles. The molecule has 0 bridgehead atoms. The van der Waals surface area contributed by atoms with E-state index < -0.39 is 5.69 Å². The summed E-state index contributed by atoms with van der Waals surface area (Å²) in [4.78, 5) is 26.5. The molecule has 0 fully saturated rings. The average Bonchev–Trinajstić information content (AvgIpc) is 2.21. The van der Waals surface area contributed by atoms with Crippen molar-refractivity contribution in [3.05, 3.63) is 31.6 Å². The van der Waals surface area contributed by atoms with Crippen LogP contribution in [0.4, 0.5) is 0 Å². The Balaban J connectivity index is 3.09. The van der Waals surface area contributed by atoms with Crippen LogP contribution in [-0.2, 0) is 6.54 Å². The lowest BCUT2D eigenvalue weighted by molar-refractivity contribution is 0.492. The van der Waals surface area contributed by atoms with Gasteiger partial charge in [-0.05, 0) is 24.7 Å². The molecule has 1 heterocycles. The molecule has 1 N–H and O–H groups in total. The van der Waals surface area contributed by atoms with Crippen molar-refractivity contribution in [3.63, 3.8) is 0 Å². The van der Waals surface area contributed by atoms with E-state index in [0.29, 0.717) is 18.0 Å². The quantitative estimate of drug-likeness (QED) is 0.838. The molecule has 1 aromatic heterocycles. The van der Waals surface area contributed by atoms with Crippen LogP contribution in [0.5, 0.6) is 0 Å². The zero-order chi connectivity index (χ0) is 13.9. The van der Waals surface area contributed by atoms with E-state index in [4.69, 9.17) is 11.6 Å². The molecule has 1 aromatic rings. The van der Waals surface area contributed by atoms with Gasteiger partial charge in [0.1, 0.15) is 5.15 Å². The summed E-state index contributed by atoms with van der Waals surface area (Å²) < 4.78 is 1.25. The third kappa shape index (κ3) is 3.48. The van der Waals surface area contributed by atoms with E-state index >= 15 is 0 Å². The van der Waals surface area contributed by atoms with Crippen LogP contribution in [0.3, 0.4) is 0 Å². The lowest BCUT2D eigenvalue weighted by Gasteiger charge is -2.11. The second-order valence-electron chi connectivity index (χ2n) is 5.31. The van der Waals surface area contributed by atoms with Crippen LogP contribution in [0.2, 0.25) is 5.15 Å². The second kappa shape index (κ2) is 6.23. The minimum absolute atomic E-state index is 0.00167. The molecule has 1 rings (SSSR count). The highest BCUT2D eigenvalue weighted by Gasteiger charge is 2.15. The summed E-state index contributed by atoms with van der Waals surface area (Å²) in [6.07, 6.45) is 1.81. The summed E-state index contributed by atoms with van der Waals surface area (Å²) in [6.45, 7) is 8.46. The van der Waals surface area contributed by atoms with E-state index in [1.54, 1.807) is 0 Å². The molecule has 0 radical (unpaired) electrons. The Morgan fingerprint density at radius 1 is 1.22 bits per heavy atom. The fourth-order valence-electron chi connectivity index (χ4n) is 1.92. The first-order valence-corrected chi connectivity index (χ1v) is 6.74. The van der Waals surface area contributed by atoms with Crippen molar-refractivity contribution in [1.82, 2.24) is 9.55 Å². The van der Waals surface area contributed by atoms with Gasteiger partial charge in [-0.25, -0.2) is 4.79 Å². The summed E-state index contributed by atoms with van der Waals surface area (Å²) >= 11 is 5.92. The van der Waals surface area contributed by atoms with Gasteiger partial charge in [-0.3, -0.25) is 14.3 Å². The Bertz CT molecular complexity index is 515. The van der Waals surface area contributed by atoms with Crippen molar-refractivity contribution >= 4 is 11.6 Å². The van der Waals surface area contributed by atoms with E-state index in [0.717, 1.165) is 12.8 Å². The van der Waals surface area contributed by atoms with Gasteiger partial charge in [0.15, 0.2) is 0 Å². The monoisotopic (exact) mass is 272 g/mol. The zero-order valence-corrected chi connectivity index (χ0v) is 12.2. The van der Waals surface area contributed by atoms with E-state index in [1.165, 1.54) is 4.57 Å². The van der Waals surface area contributed by atoms with Gasteiger partial charge in [0.25, 0.3) is 5.56 Å². The van der Waals surface area contributed by atoms with Crippen LogP contribution >= 0.6 is 11.6 Å². The lowest BCUT2D eigenvalue weighted by atomic mass is 10.1. The van der Waals surface area contributed by atoms with E-state index in [9.17, 15) is 9.59 Å². The topological polar surface area (TPSA) is 54.9 Å². The van der Waals surface area contributed by atoms with Crippen molar-refractivity contribution in [2.24, 2.45) is 5.92 Å². The summed E-state index contributed by atoms with van der Waals surface area (Å²) in [6, 6.07) is 0. The lowest BCUT2D eigenvalue weighted by Crippen LogP contribution is -2.37. The highest BCUT2D eigenvalue weighted by Crippen LogP contribution is 2.16. The number of H-pyrrole nitrogens is 1. The van der Waals surface area contributed by atoms with Gasteiger partial charge < -0.3 is 0 Å². The van der Waals surface area contributed by atoms with Gasteiger partial charge in [-0.1, -0.05) is 39.3 Å². The van der Waals surface area contributed by atoms with Crippen LogP contribution in [0.25, 0.3) is 0 Å². The molecule has 0 aliphatic carbocycles. The zero-order valence-electron chi connectivity index (χ0n) is 11.4. The predicted octanol–water partition coefficient (Wildman–Crippen LogP) is 2.75. The maximum Gasteiger partial charge on any atom is 0.329 e. The first-order valence-electron chi connectivity index (χ1n) is 6.37. The van der Waals surface area contributed by atoms with Gasteiger partial charge >= 0.3 is 5.69 Å². The van der Waals surface area contributed by atoms with Gasteiger partial charge in [-0.15, -0.1) is 0 Å². The molecule has 0 amide bonds. The molecule has 0 aliphatic rings. The SMILES string of the molecule is CC(C)CCCn1c(=O)[nH]c(Cl)c(C(C)C)c1=O. The van der Waals surface area contributed by atoms with Crippen molar-refractivity contribution in [3.8, 4) is 0 Å². The molecule has 102 valence electrons. The van der Waals surface area contributed by atoms with Gasteiger partial charge in [0.05, 0.1) is 5.56 Å². The van der Waals surface area contributed by atoms with Crippen LogP contribution in [-0.4, -0.2) is 9.55 Å². The number of nitrogens with one attached hydrogen (secondary N) is 1. The van der Waals surface area contributed by atoms with Crippen LogP contribution in [0, 0.1) is 5.92 Å². The Morgan fingerprint density at radius 3 is 2.33 bits per heavy atom. The fraction of sp³-hybridized carbons (Fsp3) is 0.692. The smallest absolute Gasteiger partial charge is 0.297 e. The molecule has 0 atom stereocenters. The molecule has 0 aliphatic heterocycles. The van der Waals surface area contributed by atoms with Crippen LogP contribution in [0.1, 0.15) is 52.0 Å².